The lowest BCUT2D eigenvalue weighted by Gasteiger charge is -2.36. The molecule has 4 heterocycles. The zero-order valence-electron chi connectivity index (χ0n) is 38.6. The van der Waals surface area contributed by atoms with Gasteiger partial charge in [-0.05, 0) is 78.1 Å². The molecule has 0 saturated carbocycles. The highest BCUT2D eigenvalue weighted by atomic mass is 16.5. The van der Waals surface area contributed by atoms with E-state index in [-0.39, 0.29) is 43.7 Å². The molecule has 0 aliphatic carbocycles. The number of pyridine rings is 1. The first-order chi connectivity index (χ1) is 30.8. The van der Waals surface area contributed by atoms with Crippen LogP contribution < -0.4 is 10.7 Å². The van der Waals surface area contributed by atoms with Crippen LogP contribution in [0.25, 0.3) is 33.3 Å². The summed E-state index contributed by atoms with van der Waals surface area (Å²) in [5.74, 6) is -1.86. The maximum Gasteiger partial charge on any atom is 0.324 e. The van der Waals surface area contributed by atoms with Crippen LogP contribution in [0.2, 0.25) is 0 Å². The minimum absolute atomic E-state index is 0.0530. The van der Waals surface area contributed by atoms with E-state index in [1.54, 1.807) is 27.5 Å². The van der Waals surface area contributed by atoms with Gasteiger partial charge in [0.05, 0.1) is 44.6 Å². The van der Waals surface area contributed by atoms with Gasteiger partial charge < -0.3 is 29.0 Å². The first-order valence-electron chi connectivity index (χ1n) is 22.3. The molecule has 15 heteroatoms. The average Bonchev–Trinajstić information content (AvgIpc) is 3.58. The highest BCUT2D eigenvalue weighted by Gasteiger charge is 2.37. The zero-order chi connectivity index (χ0) is 46.0. The second kappa shape index (κ2) is 21.8. The first kappa shape index (κ1) is 47.7. The maximum atomic E-state index is 14.6. The molecule has 15 nitrogen and oxygen atoms in total. The number of benzene rings is 2. The summed E-state index contributed by atoms with van der Waals surface area (Å²) < 4.78 is 19.0. The number of cyclic esters (lactones) is 1. The second-order valence-electron chi connectivity index (χ2n) is 17.8. The summed E-state index contributed by atoms with van der Waals surface area (Å²) in [7, 11) is 4.87. The molecule has 2 aromatic heterocycles. The minimum atomic E-state index is -1.03. The minimum Gasteiger partial charge on any atom is -0.464 e. The number of esters is 1. The third kappa shape index (κ3) is 11.3. The number of hydrogen-bond acceptors (Lipinski definition) is 11. The van der Waals surface area contributed by atoms with Crippen molar-refractivity contribution in [1.82, 2.24) is 30.2 Å². The molecule has 342 valence electrons. The number of likely N-dealkylation sites (N-methyl/N-ethyl adjacent to an activating group) is 1. The van der Waals surface area contributed by atoms with Crippen molar-refractivity contribution in [2.45, 2.75) is 98.0 Å². The smallest absolute Gasteiger partial charge is 0.324 e. The van der Waals surface area contributed by atoms with E-state index in [4.69, 9.17) is 14.2 Å². The molecule has 3 amide bonds. The number of aromatic nitrogens is 2. The van der Waals surface area contributed by atoms with Crippen LogP contribution in [-0.4, -0.2) is 121 Å². The molecule has 3 atom stereocenters. The normalized spacial score (nSPS) is 18.2. The summed E-state index contributed by atoms with van der Waals surface area (Å²) in [5, 5.41) is 5.56. The van der Waals surface area contributed by atoms with E-state index in [1.165, 1.54) is 9.91 Å². The molecule has 1 saturated heterocycles. The van der Waals surface area contributed by atoms with Gasteiger partial charge >= 0.3 is 5.97 Å². The van der Waals surface area contributed by atoms with Gasteiger partial charge in [-0.3, -0.25) is 29.2 Å². The highest BCUT2D eigenvalue weighted by molar-refractivity contribution is 5.96. The molecule has 4 aromatic rings. The van der Waals surface area contributed by atoms with Gasteiger partial charge in [0.15, 0.2) is 0 Å². The lowest BCUT2D eigenvalue weighted by atomic mass is 9.84. The number of nitrogens with zero attached hydrogens (tertiary/aromatic N) is 6. The van der Waals surface area contributed by atoms with E-state index < -0.39 is 35.4 Å². The number of rotatable bonds is 14. The summed E-state index contributed by atoms with van der Waals surface area (Å²) >= 11 is 0. The van der Waals surface area contributed by atoms with E-state index in [1.807, 2.05) is 38.2 Å². The SMILES string of the molecule is CCn1c(-c2cnccc2COC)c2c3cc(ccc31)-c1cccc(c1)C[C@H](NC(=O)C(C(C)C)N(C)C(=O)CCN=C=NCCOC)C(=O)N1CCC[C@H](N1)C(=O)OCC(C)(C)C2. The predicted octanol–water partition coefficient (Wildman–Crippen LogP) is 5.88. The second-order valence-corrected chi connectivity index (χ2v) is 17.8. The molecule has 0 radical (unpaired) electrons. The zero-order valence-corrected chi connectivity index (χ0v) is 38.6. The first-order valence-corrected chi connectivity index (χ1v) is 22.3. The van der Waals surface area contributed by atoms with Gasteiger partial charge in [-0.1, -0.05) is 58.0 Å². The molecule has 6 rings (SSSR count). The van der Waals surface area contributed by atoms with Gasteiger partial charge in [0.25, 0.3) is 5.91 Å². The van der Waals surface area contributed by atoms with Crippen molar-refractivity contribution >= 4 is 40.6 Å². The number of hydrazine groups is 1. The Bertz CT molecular complexity index is 2370. The summed E-state index contributed by atoms with van der Waals surface area (Å²) in [6.07, 6.45) is 5.54. The Hall–Kier alpha value is -5.73. The summed E-state index contributed by atoms with van der Waals surface area (Å²) in [6.45, 7) is 12.7. The number of fused-ring (bicyclic) bond motifs is 6. The van der Waals surface area contributed by atoms with Gasteiger partial charge in [-0.15, -0.1) is 0 Å². The molecular formula is C49H64N8O7. The molecule has 2 N–H and O–H groups in total. The van der Waals surface area contributed by atoms with Gasteiger partial charge in [-0.25, -0.2) is 15.4 Å². The third-order valence-electron chi connectivity index (χ3n) is 12.0. The van der Waals surface area contributed by atoms with Crippen LogP contribution in [0, 0.1) is 11.3 Å². The summed E-state index contributed by atoms with van der Waals surface area (Å²) in [4.78, 5) is 70.2. The lowest BCUT2D eigenvalue weighted by molar-refractivity contribution is -0.155. The number of carbonyl (C=O) groups is 4. The van der Waals surface area contributed by atoms with Gasteiger partial charge in [-0.2, -0.15) is 0 Å². The van der Waals surface area contributed by atoms with Crippen LogP contribution in [0.4, 0.5) is 0 Å². The number of aryl methyl sites for hydroxylation is 1. The molecule has 1 fully saturated rings. The Morgan fingerprint density at radius 3 is 2.61 bits per heavy atom. The van der Waals surface area contributed by atoms with Crippen LogP contribution in [-0.2, 0) is 59.4 Å². The Labute approximate surface area is 376 Å². The summed E-state index contributed by atoms with van der Waals surface area (Å²) in [5.41, 5.74) is 10.7. The van der Waals surface area contributed by atoms with E-state index in [2.05, 4.69) is 87.4 Å². The van der Waals surface area contributed by atoms with Crippen molar-refractivity contribution in [3.63, 3.8) is 0 Å². The standard InChI is InChI=1S/C49H64N8O7/c1-9-56-42-16-15-35-26-37(42)38(45(56)39-28-50-19-17-36(39)29-63-8)27-49(4,5)30-64-48(61)40-14-11-22-57(54-40)47(60)41(25-33-12-10-13-34(35)24-33)53-46(59)44(32(2)3)55(6)43(58)18-20-51-31-52-21-23-62-7/h10,12-13,15-17,19,24,26,28,32,40-41,44,54H,9,11,14,18,20-23,25,27,29-30H2,1-8H3,(H,53,59)/t40-,41-,44?/m0/s1. The summed E-state index contributed by atoms with van der Waals surface area (Å²) in [6, 6.07) is 16.4. The number of aliphatic imine (C=N–C) groups is 2. The van der Waals surface area contributed by atoms with Crippen LogP contribution in [0.5, 0.6) is 0 Å². The van der Waals surface area contributed by atoms with Crippen molar-refractivity contribution in [2.75, 3.05) is 54.1 Å². The van der Waals surface area contributed by atoms with Gasteiger partial charge in [0.2, 0.25) is 11.8 Å². The van der Waals surface area contributed by atoms with E-state index in [9.17, 15) is 19.2 Å². The van der Waals surface area contributed by atoms with Crippen LogP contribution >= 0.6 is 0 Å². The number of methoxy groups -OCH3 is 2. The van der Waals surface area contributed by atoms with Crippen molar-refractivity contribution in [3.8, 4) is 22.4 Å². The van der Waals surface area contributed by atoms with Crippen LogP contribution in [0.1, 0.15) is 70.6 Å². The number of nitrogens with one attached hydrogen (secondary N) is 2. The Morgan fingerprint density at radius 2 is 1.86 bits per heavy atom. The van der Waals surface area contributed by atoms with E-state index in [0.717, 1.165) is 50.0 Å². The number of ether oxygens (including phenoxy) is 3. The fourth-order valence-electron chi connectivity index (χ4n) is 8.80. The number of hydrogen-bond donors (Lipinski definition) is 2. The molecule has 1 unspecified atom stereocenters. The highest BCUT2D eigenvalue weighted by Crippen LogP contribution is 2.41. The molecule has 0 spiro atoms. The van der Waals surface area contributed by atoms with Crippen LogP contribution in [0.15, 0.2) is 70.9 Å². The Kier molecular flexibility index (Phi) is 16.2. The van der Waals surface area contributed by atoms with Crippen molar-refractivity contribution < 1.29 is 33.4 Å². The van der Waals surface area contributed by atoms with Gasteiger partial charge in [0.1, 0.15) is 18.1 Å². The quantitative estimate of drug-likeness (QED) is 0.0894. The van der Waals surface area contributed by atoms with E-state index >= 15 is 0 Å². The largest absolute Gasteiger partial charge is 0.464 e. The Morgan fingerprint density at radius 1 is 1.08 bits per heavy atom. The van der Waals surface area contributed by atoms with Crippen molar-refractivity contribution in [3.05, 3.63) is 77.6 Å². The monoisotopic (exact) mass is 876 g/mol. The topological polar surface area (TPSA) is 169 Å². The number of carbonyl (C=O) groups excluding carboxylic acids is 4. The van der Waals surface area contributed by atoms with Crippen LogP contribution in [0.3, 0.4) is 0 Å². The van der Waals surface area contributed by atoms with Crippen molar-refractivity contribution in [2.24, 2.45) is 21.3 Å². The molecule has 2 aliphatic heterocycles. The molecule has 6 bridgehead atoms. The van der Waals surface area contributed by atoms with E-state index in [0.29, 0.717) is 52.1 Å². The van der Waals surface area contributed by atoms with Crippen molar-refractivity contribution in [1.29, 1.82) is 0 Å². The molecule has 64 heavy (non-hydrogen) atoms. The number of amides is 3. The fraction of sp³-hybridized carbons (Fsp3) is 0.510. The molecule has 2 aliphatic rings. The molecular weight excluding hydrogens is 813 g/mol. The maximum absolute atomic E-state index is 14.6. The predicted molar refractivity (Wildman–Crippen MR) is 246 cm³/mol. The molecule has 2 aromatic carbocycles. The average molecular weight is 877 g/mol. The lowest BCUT2D eigenvalue weighted by Crippen LogP contribution is -2.62. The Balaban J connectivity index is 1.39. The fourth-order valence-corrected chi connectivity index (χ4v) is 8.80. The van der Waals surface area contributed by atoms with Gasteiger partial charge in [0, 0.05) is 81.5 Å². The third-order valence-corrected chi connectivity index (χ3v) is 12.0.